The molecule has 0 aromatic carbocycles. The second-order valence-electron chi connectivity index (χ2n) is 3.00. The van der Waals surface area contributed by atoms with Gasteiger partial charge < -0.3 is 18.6 Å². The van der Waals surface area contributed by atoms with Crippen LogP contribution in [0.25, 0.3) is 0 Å². The third kappa shape index (κ3) is 9.01. The van der Waals surface area contributed by atoms with Crippen LogP contribution in [-0.4, -0.2) is 43.2 Å². The van der Waals surface area contributed by atoms with Crippen molar-refractivity contribution in [3.8, 4) is 0 Å². The van der Waals surface area contributed by atoms with Crippen LogP contribution in [0.5, 0.6) is 0 Å². The minimum absolute atomic E-state index is 0.885. The summed E-state index contributed by atoms with van der Waals surface area (Å²) in [4.78, 5) is 0. The van der Waals surface area contributed by atoms with Gasteiger partial charge in [-0.05, 0) is 13.1 Å². The molecule has 4 nitrogen and oxygen atoms in total. The fraction of sp³-hybridized carbons (Fsp3) is 1.00. The molecule has 5 heteroatoms. The van der Waals surface area contributed by atoms with Crippen molar-refractivity contribution in [3.63, 3.8) is 0 Å². The molecule has 0 atom stereocenters. The Balaban J connectivity index is 0. The zero-order valence-electron chi connectivity index (χ0n) is 11.1. The van der Waals surface area contributed by atoms with Crippen LogP contribution < -0.4 is 5.32 Å². The molecule has 0 spiro atoms. The summed E-state index contributed by atoms with van der Waals surface area (Å²) in [6, 6.07) is 0.885. The molecule has 0 saturated heterocycles. The Labute approximate surface area is 95.7 Å². The van der Waals surface area contributed by atoms with E-state index in [1.54, 1.807) is 21.3 Å². The Morgan fingerprint density at radius 1 is 0.867 bits per heavy atom. The lowest BCUT2D eigenvalue weighted by Crippen LogP contribution is -2.42. The van der Waals surface area contributed by atoms with Gasteiger partial charge in [-0.15, -0.1) is 0 Å². The number of hydrogen-bond donors (Lipinski definition) is 1. The van der Waals surface area contributed by atoms with Crippen LogP contribution in [0, 0.1) is 0 Å². The van der Waals surface area contributed by atoms with E-state index < -0.39 is 8.80 Å². The fourth-order valence-corrected chi connectivity index (χ4v) is 2.84. The van der Waals surface area contributed by atoms with Crippen molar-refractivity contribution in [3.05, 3.63) is 0 Å². The lowest BCUT2D eigenvalue weighted by molar-refractivity contribution is 0.123. The molecular formula is C10H27NO3Si. The van der Waals surface area contributed by atoms with Gasteiger partial charge in [0.15, 0.2) is 0 Å². The van der Waals surface area contributed by atoms with Crippen LogP contribution in [0.15, 0.2) is 0 Å². The summed E-state index contributed by atoms with van der Waals surface area (Å²) in [6.45, 7) is 8.47. The van der Waals surface area contributed by atoms with Crippen molar-refractivity contribution in [2.75, 3.05) is 34.4 Å². The quantitative estimate of drug-likeness (QED) is 0.686. The molecule has 0 bridgehead atoms. The molecule has 0 saturated carbocycles. The van der Waals surface area contributed by atoms with Gasteiger partial charge in [-0.3, -0.25) is 0 Å². The first-order valence-electron chi connectivity index (χ1n) is 5.52. The first-order chi connectivity index (χ1) is 7.16. The fourth-order valence-electron chi connectivity index (χ4n) is 1.11. The second kappa shape index (κ2) is 12.1. The van der Waals surface area contributed by atoms with Crippen molar-refractivity contribution in [1.29, 1.82) is 0 Å². The maximum absolute atomic E-state index is 5.17. The van der Waals surface area contributed by atoms with Gasteiger partial charge in [-0.1, -0.05) is 27.2 Å². The Morgan fingerprint density at radius 3 is 1.33 bits per heavy atom. The molecule has 0 heterocycles. The summed E-state index contributed by atoms with van der Waals surface area (Å²) in [6.07, 6.45) is 1.03. The van der Waals surface area contributed by atoms with Gasteiger partial charge in [-0.25, -0.2) is 0 Å². The minimum atomic E-state index is -2.22. The highest BCUT2D eigenvalue weighted by molar-refractivity contribution is 6.60. The van der Waals surface area contributed by atoms with Crippen LogP contribution >= 0.6 is 0 Å². The Bertz CT molecular complexity index is 111. The highest BCUT2D eigenvalue weighted by Gasteiger charge is 2.36. The summed E-state index contributed by atoms with van der Waals surface area (Å²) >= 11 is 0. The highest BCUT2D eigenvalue weighted by atomic mass is 28.4. The molecule has 0 aliphatic heterocycles. The number of rotatable bonds is 7. The summed E-state index contributed by atoms with van der Waals surface area (Å²) in [5.74, 6) is 0. The van der Waals surface area contributed by atoms with Crippen LogP contribution in [0.4, 0.5) is 0 Å². The smallest absolute Gasteiger partial charge is 0.377 e. The van der Waals surface area contributed by atoms with Crippen molar-refractivity contribution in [2.24, 2.45) is 0 Å². The van der Waals surface area contributed by atoms with Crippen LogP contribution in [0.1, 0.15) is 27.2 Å². The lowest BCUT2D eigenvalue weighted by atomic mass is 10.6. The van der Waals surface area contributed by atoms with Gasteiger partial charge in [0.1, 0.15) is 0 Å². The Kier molecular flexibility index (Phi) is 14.1. The third-order valence-electron chi connectivity index (χ3n) is 1.99. The topological polar surface area (TPSA) is 39.7 Å². The van der Waals surface area contributed by atoms with E-state index >= 15 is 0 Å². The molecule has 0 aromatic heterocycles. The predicted molar refractivity (Wildman–Crippen MR) is 66.1 cm³/mol. The first-order valence-corrected chi connectivity index (χ1v) is 7.45. The average molecular weight is 237 g/mol. The van der Waals surface area contributed by atoms with Crippen molar-refractivity contribution >= 4 is 8.80 Å². The van der Waals surface area contributed by atoms with Gasteiger partial charge in [-0.2, -0.15) is 0 Å². The molecule has 1 N–H and O–H groups in total. The molecule has 0 unspecified atom stereocenters. The SMILES string of the molecule is CCC[Si](OC)(OC)OC.CCNCC. The first kappa shape index (κ1) is 17.5. The Morgan fingerprint density at radius 2 is 1.27 bits per heavy atom. The molecule has 0 fully saturated rings. The Hall–Kier alpha value is 0.0569. The normalized spacial score (nSPS) is 10.8. The maximum atomic E-state index is 5.17. The van der Waals surface area contributed by atoms with E-state index in [1.165, 1.54) is 0 Å². The zero-order chi connectivity index (χ0) is 12.2. The van der Waals surface area contributed by atoms with Gasteiger partial charge in [0.2, 0.25) is 0 Å². The monoisotopic (exact) mass is 237 g/mol. The van der Waals surface area contributed by atoms with Crippen molar-refractivity contribution < 1.29 is 13.3 Å². The van der Waals surface area contributed by atoms with Gasteiger partial charge in [0, 0.05) is 27.4 Å². The number of nitrogens with one attached hydrogen (secondary N) is 1. The van der Waals surface area contributed by atoms with E-state index in [1.807, 2.05) is 0 Å². The van der Waals surface area contributed by atoms with E-state index in [0.29, 0.717) is 0 Å². The largest absolute Gasteiger partial charge is 0.500 e. The molecule has 0 amide bonds. The molecule has 0 rings (SSSR count). The van der Waals surface area contributed by atoms with Crippen LogP contribution in [-0.2, 0) is 13.3 Å². The van der Waals surface area contributed by atoms with Crippen molar-refractivity contribution in [2.45, 2.75) is 33.2 Å². The standard InChI is InChI=1S/C6H16O3Si.C4H11N/c1-5-6-10(7-2,8-3)9-4;1-3-5-4-2/h5-6H2,1-4H3;5H,3-4H2,1-2H3. The maximum Gasteiger partial charge on any atom is 0.500 e. The summed E-state index contributed by atoms with van der Waals surface area (Å²) < 4.78 is 15.5. The van der Waals surface area contributed by atoms with Gasteiger partial charge in [0.25, 0.3) is 0 Å². The highest BCUT2D eigenvalue weighted by Crippen LogP contribution is 2.13. The molecule has 0 aliphatic carbocycles. The molecule has 0 radical (unpaired) electrons. The van der Waals surface area contributed by atoms with E-state index in [4.69, 9.17) is 13.3 Å². The summed E-state index contributed by atoms with van der Waals surface area (Å²) in [5.41, 5.74) is 0. The van der Waals surface area contributed by atoms with E-state index in [2.05, 4.69) is 26.1 Å². The van der Waals surface area contributed by atoms with Gasteiger partial charge >= 0.3 is 8.80 Å². The van der Waals surface area contributed by atoms with E-state index in [0.717, 1.165) is 25.6 Å². The third-order valence-corrected chi connectivity index (χ3v) is 4.97. The second-order valence-corrected chi connectivity index (χ2v) is 6.09. The number of hydrogen-bond acceptors (Lipinski definition) is 4. The molecule has 0 aromatic rings. The molecule has 94 valence electrons. The minimum Gasteiger partial charge on any atom is -0.377 e. The van der Waals surface area contributed by atoms with E-state index in [9.17, 15) is 0 Å². The van der Waals surface area contributed by atoms with Crippen LogP contribution in [0.2, 0.25) is 6.04 Å². The summed E-state index contributed by atoms with van der Waals surface area (Å²) in [7, 11) is 2.68. The molecular weight excluding hydrogens is 210 g/mol. The molecule has 0 aliphatic rings. The van der Waals surface area contributed by atoms with Crippen molar-refractivity contribution in [1.82, 2.24) is 5.32 Å². The zero-order valence-corrected chi connectivity index (χ0v) is 12.1. The predicted octanol–water partition coefficient (Wildman–Crippen LogP) is 1.89. The van der Waals surface area contributed by atoms with E-state index in [-0.39, 0.29) is 0 Å². The van der Waals surface area contributed by atoms with Gasteiger partial charge in [0.05, 0.1) is 0 Å². The lowest BCUT2D eigenvalue weighted by Gasteiger charge is -2.23. The van der Waals surface area contributed by atoms with Crippen LogP contribution in [0.3, 0.4) is 0 Å². The average Bonchev–Trinajstić information content (AvgIpc) is 2.28. The molecule has 15 heavy (non-hydrogen) atoms. The summed E-state index contributed by atoms with van der Waals surface area (Å²) in [5, 5.41) is 3.11.